The molecule has 1 saturated heterocycles. The Balaban J connectivity index is 0.00000338. The highest BCUT2D eigenvalue weighted by Gasteiger charge is 2.27. The molecule has 26 heavy (non-hydrogen) atoms. The zero-order valence-electron chi connectivity index (χ0n) is 14.3. The lowest BCUT2D eigenvalue weighted by Gasteiger charge is -2.33. The summed E-state index contributed by atoms with van der Waals surface area (Å²) in [7, 11) is 0. The van der Waals surface area contributed by atoms with Gasteiger partial charge in [0.2, 0.25) is 5.91 Å². The molecular formula is C16H22Cl2N4O4. The minimum atomic E-state index is -0.740. The summed E-state index contributed by atoms with van der Waals surface area (Å²) in [5.41, 5.74) is 5.24. The summed E-state index contributed by atoms with van der Waals surface area (Å²) in [5.74, 6) is -0.577. The summed E-state index contributed by atoms with van der Waals surface area (Å²) in [6.07, 6.45) is 1.65. The van der Waals surface area contributed by atoms with Crippen molar-refractivity contribution in [1.82, 2.24) is 10.2 Å². The standard InChI is InChI=1S/C16H21ClN4O4.ClH/c1-10(18)11-5-7-20(8-6-11)14(22)9-19-16(23)15-12(17)3-2-4-13(15)21(24)25;/h2-4,10-11H,5-9,18H2,1H3,(H,19,23);1H. The van der Waals surface area contributed by atoms with E-state index in [-0.39, 0.29) is 41.5 Å². The van der Waals surface area contributed by atoms with Gasteiger partial charge in [-0.2, -0.15) is 0 Å². The van der Waals surface area contributed by atoms with Crippen LogP contribution < -0.4 is 11.1 Å². The van der Waals surface area contributed by atoms with Gasteiger partial charge in [-0.05, 0) is 31.7 Å². The average Bonchev–Trinajstić information content (AvgIpc) is 2.59. The Hall–Kier alpha value is -1.90. The minimum Gasteiger partial charge on any atom is -0.343 e. The fourth-order valence-electron chi connectivity index (χ4n) is 2.92. The summed E-state index contributed by atoms with van der Waals surface area (Å²) in [5, 5.41) is 13.4. The Kier molecular flexibility index (Phi) is 8.26. The van der Waals surface area contributed by atoms with E-state index in [2.05, 4.69) is 5.32 Å². The zero-order valence-corrected chi connectivity index (χ0v) is 15.9. The number of nitrogens with one attached hydrogen (secondary N) is 1. The van der Waals surface area contributed by atoms with Crippen molar-refractivity contribution in [2.24, 2.45) is 11.7 Å². The van der Waals surface area contributed by atoms with Gasteiger partial charge in [0, 0.05) is 25.2 Å². The SMILES string of the molecule is CC(N)C1CCN(C(=O)CNC(=O)c2c(Cl)cccc2[N+](=O)[O-])CC1.Cl. The number of nitrogens with zero attached hydrogens (tertiary/aromatic N) is 2. The van der Waals surface area contributed by atoms with Crippen molar-refractivity contribution in [3.05, 3.63) is 38.9 Å². The van der Waals surface area contributed by atoms with E-state index in [4.69, 9.17) is 17.3 Å². The lowest BCUT2D eigenvalue weighted by molar-refractivity contribution is -0.385. The largest absolute Gasteiger partial charge is 0.343 e. The van der Waals surface area contributed by atoms with Crippen LogP contribution >= 0.6 is 24.0 Å². The summed E-state index contributed by atoms with van der Waals surface area (Å²) < 4.78 is 0. The van der Waals surface area contributed by atoms with Gasteiger partial charge in [-0.3, -0.25) is 19.7 Å². The number of carbonyl (C=O) groups excluding carboxylic acids is 2. The quantitative estimate of drug-likeness (QED) is 0.574. The van der Waals surface area contributed by atoms with Crippen LogP contribution in [-0.4, -0.2) is 47.3 Å². The average molecular weight is 405 g/mol. The van der Waals surface area contributed by atoms with Crippen LogP contribution in [0.5, 0.6) is 0 Å². The van der Waals surface area contributed by atoms with Crippen LogP contribution in [0.25, 0.3) is 0 Å². The molecule has 0 spiro atoms. The number of hydrogen-bond acceptors (Lipinski definition) is 5. The number of nitro groups is 1. The molecule has 1 atom stereocenters. The maximum Gasteiger partial charge on any atom is 0.283 e. The van der Waals surface area contributed by atoms with Gasteiger partial charge in [-0.15, -0.1) is 12.4 Å². The molecule has 8 nitrogen and oxygen atoms in total. The highest BCUT2D eigenvalue weighted by molar-refractivity contribution is 6.34. The Bertz CT molecular complexity index is 676. The number of nitrogens with two attached hydrogens (primary N) is 1. The van der Waals surface area contributed by atoms with Gasteiger partial charge in [-0.1, -0.05) is 17.7 Å². The van der Waals surface area contributed by atoms with Gasteiger partial charge in [0.05, 0.1) is 16.5 Å². The van der Waals surface area contributed by atoms with E-state index in [0.717, 1.165) is 12.8 Å². The number of rotatable bonds is 5. The number of carbonyl (C=O) groups is 2. The number of benzene rings is 1. The molecule has 2 amide bonds. The van der Waals surface area contributed by atoms with Gasteiger partial charge in [0.25, 0.3) is 11.6 Å². The summed E-state index contributed by atoms with van der Waals surface area (Å²) in [4.78, 5) is 36.5. The Labute approximate surface area is 162 Å². The first-order valence-corrected chi connectivity index (χ1v) is 8.43. The van der Waals surface area contributed by atoms with Crippen LogP contribution in [-0.2, 0) is 4.79 Å². The van der Waals surface area contributed by atoms with Gasteiger partial charge >= 0.3 is 0 Å². The van der Waals surface area contributed by atoms with E-state index in [9.17, 15) is 19.7 Å². The second kappa shape index (κ2) is 9.70. The van der Waals surface area contributed by atoms with Crippen molar-refractivity contribution in [1.29, 1.82) is 0 Å². The summed E-state index contributed by atoms with van der Waals surface area (Å²) in [6.45, 7) is 2.91. The van der Waals surface area contributed by atoms with E-state index in [1.807, 2.05) is 6.92 Å². The molecule has 1 aliphatic rings. The van der Waals surface area contributed by atoms with E-state index in [0.29, 0.717) is 19.0 Å². The number of nitro benzene ring substituents is 1. The van der Waals surface area contributed by atoms with E-state index >= 15 is 0 Å². The third kappa shape index (κ3) is 5.30. The molecule has 0 radical (unpaired) electrons. The summed E-state index contributed by atoms with van der Waals surface area (Å²) in [6, 6.07) is 4.08. The summed E-state index contributed by atoms with van der Waals surface area (Å²) >= 11 is 5.91. The van der Waals surface area contributed by atoms with Crippen molar-refractivity contribution in [3.8, 4) is 0 Å². The molecule has 1 fully saturated rings. The number of hydrogen-bond donors (Lipinski definition) is 2. The third-order valence-corrected chi connectivity index (χ3v) is 4.77. The second-order valence-electron chi connectivity index (χ2n) is 6.15. The molecule has 1 unspecified atom stereocenters. The maximum atomic E-state index is 12.2. The number of halogens is 2. The number of piperidine rings is 1. The third-order valence-electron chi connectivity index (χ3n) is 4.45. The van der Waals surface area contributed by atoms with Crippen molar-refractivity contribution in [3.63, 3.8) is 0 Å². The highest BCUT2D eigenvalue weighted by atomic mass is 35.5. The van der Waals surface area contributed by atoms with Crippen LogP contribution in [0.3, 0.4) is 0 Å². The van der Waals surface area contributed by atoms with Crippen molar-refractivity contribution in [2.75, 3.05) is 19.6 Å². The molecule has 0 aliphatic carbocycles. The van der Waals surface area contributed by atoms with Crippen LogP contribution in [0, 0.1) is 16.0 Å². The molecule has 10 heteroatoms. The van der Waals surface area contributed by atoms with Gasteiger partial charge in [-0.25, -0.2) is 0 Å². The highest BCUT2D eigenvalue weighted by Crippen LogP contribution is 2.26. The first-order valence-electron chi connectivity index (χ1n) is 8.05. The predicted molar refractivity (Wildman–Crippen MR) is 101 cm³/mol. The number of likely N-dealkylation sites (tertiary alicyclic amines) is 1. The van der Waals surface area contributed by atoms with Crippen molar-refractivity contribution in [2.45, 2.75) is 25.8 Å². The second-order valence-corrected chi connectivity index (χ2v) is 6.56. The fraction of sp³-hybridized carbons (Fsp3) is 0.500. The molecule has 1 heterocycles. The molecule has 144 valence electrons. The molecule has 1 aromatic carbocycles. The normalized spacial score (nSPS) is 15.7. The first-order chi connectivity index (χ1) is 11.8. The van der Waals surface area contributed by atoms with Crippen LogP contribution in [0.2, 0.25) is 5.02 Å². The van der Waals surface area contributed by atoms with E-state index in [1.165, 1.54) is 18.2 Å². The van der Waals surface area contributed by atoms with E-state index < -0.39 is 16.5 Å². The molecule has 0 bridgehead atoms. The van der Waals surface area contributed by atoms with Gasteiger partial charge < -0.3 is 16.0 Å². The van der Waals surface area contributed by atoms with Crippen molar-refractivity contribution >= 4 is 41.5 Å². The lowest BCUT2D eigenvalue weighted by Crippen LogP contribution is -2.46. The Morgan fingerprint density at radius 2 is 2.04 bits per heavy atom. The lowest BCUT2D eigenvalue weighted by atomic mass is 9.91. The Morgan fingerprint density at radius 1 is 1.42 bits per heavy atom. The van der Waals surface area contributed by atoms with Crippen LogP contribution in [0.1, 0.15) is 30.1 Å². The number of amides is 2. The monoisotopic (exact) mass is 404 g/mol. The molecule has 1 aromatic rings. The fourth-order valence-corrected chi connectivity index (χ4v) is 3.18. The predicted octanol–water partition coefficient (Wildman–Crippen LogP) is 1.99. The molecule has 1 aliphatic heterocycles. The smallest absolute Gasteiger partial charge is 0.283 e. The topological polar surface area (TPSA) is 119 Å². The van der Waals surface area contributed by atoms with Gasteiger partial charge in [0.15, 0.2) is 0 Å². The minimum absolute atomic E-state index is 0. The van der Waals surface area contributed by atoms with Crippen LogP contribution in [0.15, 0.2) is 18.2 Å². The first kappa shape index (κ1) is 22.1. The molecule has 0 saturated carbocycles. The Morgan fingerprint density at radius 3 is 2.58 bits per heavy atom. The molecule has 3 N–H and O–H groups in total. The molecular weight excluding hydrogens is 383 g/mol. The van der Waals surface area contributed by atoms with Crippen LogP contribution in [0.4, 0.5) is 5.69 Å². The van der Waals surface area contributed by atoms with Gasteiger partial charge in [0.1, 0.15) is 5.56 Å². The maximum absolute atomic E-state index is 12.2. The zero-order chi connectivity index (χ0) is 18.6. The van der Waals surface area contributed by atoms with E-state index in [1.54, 1.807) is 4.90 Å². The molecule has 2 rings (SSSR count). The molecule has 0 aromatic heterocycles. The van der Waals surface area contributed by atoms with Crippen molar-refractivity contribution < 1.29 is 14.5 Å².